The second kappa shape index (κ2) is 11.5. The van der Waals surface area contributed by atoms with E-state index in [0.29, 0.717) is 17.5 Å². The molecule has 0 atom stereocenters. The van der Waals surface area contributed by atoms with Crippen LogP contribution < -0.4 is 0 Å². The molecule has 1 aliphatic rings. The van der Waals surface area contributed by atoms with E-state index in [1.807, 2.05) is 18.2 Å². The highest BCUT2D eigenvalue weighted by atomic mass is 15.0. The highest BCUT2D eigenvalue weighted by Gasteiger charge is 2.35. The molecule has 0 amide bonds. The second-order valence-electron chi connectivity index (χ2n) is 14.9. The van der Waals surface area contributed by atoms with E-state index in [1.54, 1.807) is 0 Å². The van der Waals surface area contributed by atoms with Crippen molar-refractivity contribution >= 4 is 43.4 Å². The maximum Gasteiger partial charge on any atom is 0.164 e. The van der Waals surface area contributed by atoms with Gasteiger partial charge in [0, 0.05) is 38.6 Å². The second-order valence-corrected chi connectivity index (χ2v) is 14.9. The van der Waals surface area contributed by atoms with Gasteiger partial charge in [0.1, 0.15) is 0 Å². The zero-order valence-electron chi connectivity index (χ0n) is 30.0. The Morgan fingerprint density at radius 3 is 1.63 bits per heavy atom. The highest BCUT2D eigenvalue weighted by Crippen LogP contribution is 2.49. The smallest absolute Gasteiger partial charge is 0.164 e. The van der Waals surface area contributed by atoms with E-state index in [4.69, 9.17) is 15.0 Å². The molecule has 0 bridgehead atoms. The van der Waals surface area contributed by atoms with Gasteiger partial charge in [0.2, 0.25) is 0 Å². The SMILES string of the molecule is CC1(C)c2ccccc2-c2ccc(-c3nc(-c4ccccc4)nc(-c4cccc(-n5c6ccc7ccccc7c6c6c7ccccc7ccc65)c4)n3)cc21. The third-order valence-corrected chi connectivity index (χ3v) is 11.4. The quantitative estimate of drug-likeness (QED) is 0.185. The molecule has 0 unspecified atom stereocenters. The van der Waals surface area contributed by atoms with Crippen LogP contribution in [0.5, 0.6) is 0 Å². The van der Waals surface area contributed by atoms with E-state index in [1.165, 1.54) is 65.6 Å². The molecule has 0 N–H and O–H groups in total. The molecule has 0 aliphatic heterocycles. The Bertz CT molecular complexity index is 3040. The molecule has 0 fully saturated rings. The van der Waals surface area contributed by atoms with Crippen molar-refractivity contribution in [2.45, 2.75) is 19.3 Å². The minimum atomic E-state index is -0.132. The molecule has 8 aromatic carbocycles. The predicted octanol–water partition coefficient (Wildman–Crippen LogP) is 12.6. The van der Waals surface area contributed by atoms with Crippen molar-refractivity contribution in [2.24, 2.45) is 0 Å². The van der Waals surface area contributed by atoms with E-state index in [2.05, 4.69) is 170 Å². The molecule has 0 spiro atoms. The number of rotatable bonds is 4. The zero-order chi connectivity index (χ0) is 36.0. The lowest BCUT2D eigenvalue weighted by atomic mass is 9.82. The Morgan fingerprint density at radius 2 is 0.944 bits per heavy atom. The Balaban J connectivity index is 1.12. The Hall–Kier alpha value is -6.91. The molecule has 2 heterocycles. The third-order valence-electron chi connectivity index (χ3n) is 11.4. The van der Waals surface area contributed by atoms with Gasteiger partial charge in [-0.05, 0) is 74.1 Å². The molecular weight excluding hydrogens is 657 g/mol. The van der Waals surface area contributed by atoms with Gasteiger partial charge in [0.15, 0.2) is 17.5 Å². The fourth-order valence-corrected chi connectivity index (χ4v) is 8.80. The van der Waals surface area contributed by atoms with Gasteiger partial charge < -0.3 is 4.57 Å². The maximum atomic E-state index is 5.22. The zero-order valence-corrected chi connectivity index (χ0v) is 30.0. The number of nitrogens with zero attached hydrogens (tertiary/aromatic N) is 4. The van der Waals surface area contributed by atoms with E-state index in [0.717, 1.165) is 22.4 Å². The third kappa shape index (κ3) is 4.53. The normalized spacial score (nSPS) is 13.1. The van der Waals surface area contributed by atoms with Gasteiger partial charge in [-0.1, -0.05) is 153 Å². The topological polar surface area (TPSA) is 43.6 Å². The Kier molecular flexibility index (Phi) is 6.56. The van der Waals surface area contributed by atoms with Crippen LogP contribution in [0.2, 0.25) is 0 Å². The lowest BCUT2D eigenvalue weighted by molar-refractivity contribution is 0.660. The molecule has 11 rings (SSSR count). The first-order chi connectivity index (χ1) is 26.5. The maximum absolute atomic E-state index is 5.22. The van der Waals surface area contributed by atoms with Crippen LogP contribution in [-0.2, 0) is 5.41 Å². The average molecular weight is 691 g/mol. The number of benzene rings is 8. The van der Waals surface area contributed by atoms with Crippen LogP contribution in [0.25, 0.3) is 94.3 Å². The minimum absolute atomic E-state index is 0.132. The summed E-state index contributed by atoms with van der Waals surface area (Å²) in [6.07, 6.45) is 0. The summed E-state index contributed by atoms with van der Waals surface area (Å²) in [4.78, 5) is 15.5. The molecule has 54 heavy (non-hydrogen) atoms. The summed E-state index contributed by atoms with van der Waals surface area (Å²) in [5.41, 5.74) is 11.3. The first-order valence-electron chi connectivity index (χ1n) is 18.5. The number of hydrogen-bond donors (Lipinski definition) is 0. The minimum Gasteiger partial charge on any atom is -0.309 e. The van der Waals surface area contributed by atoms with Crippen LogP contribution in [0.15, 0.2) is 170 Å². The van der Waals surface area contributed by atoms with Crippen molar-refractivity contribution in [1.29, 1.82) is 0 Å². The van der Waals surface area contributed by atoms with E-state index in [9.17, 15) is 0 Å². The molecule has 4 nitrogen and oxygen atoms in total. The van der Waals surface area contributed by atoms with Crippen molar-refractivity contribution in [3.05, 3.63) is 181 Å². The van der Waals surface area contributed by atoms with Crippen LogP contribution >= 0.6 is 0 Å². The lowest BCUT2D eigenvalue weighted by Gasteiger charge is -2.21. The van der Waals surface area contributed by atoms with Crippen LogP contribution in [0.3, 0.4) is 0 Å². The van der Waals surface area contributed by atoms with Gasteiger partial charge in [-0.25, -0.2) is 15.0 Å². The summed E-state index contributed by atoms with van der Waals surface area (Å²) in [7, 11) is 0. The van der Waals surface area contributed by atoms with Gasteiger partial charge >= 0.3 is 0 Å². The summed E-state index contributed by atoms with van der Waals surface area (Å²) in [5, 5.41) is 7.50. The largest absolute Gasteiger partial charge is 0.309 e. The first kappa shape index (κ1) is 30.7. The Morgan fingerprint density at radius 1 is 0.407 bits per heavy atom. The number of hydrogen-bond acceptors (Lipinski definition) is 3. The molecular formula is C50H34N4. The molecule has 1 aliphatic carbocycles. The van der Waals surface area contributed by atoms with Crippen molar-refractivity contribution in [3.63, 3.8) is 0 Å². The summed E-state index contributed by atoms with van der Waals surface area (Å²) < 4.78 is 2.40. The molecule has 4 heteroatoms. The molecule has 0 radical (unpaired) electrons. The van der Waals surface area contributed by atoms with Crippen molar-refractivity contribution in [3.8, 4) is 51.0 Å². The molecule has 10 aromatic rings. The van der Waals surface area contributed by atoms with Crippen LogP contribution in [0.4, 0.5) is 0 Å². The lowest BCUT2D eigenvalue weighted by Crippen LogP contribution is -2.15. The molecule has 0 saturated carbocycles. The highest BCUT2D eigenvalue weighted by molar-refractivity contribution is 6.28. The van der Waals surface area contributed by atoms with Crippen molar-refractivity contribution in [2.75, 3.05) is 0 Å². The first-order valence-corrected chi connectivity index (χ1v) is 18.5. The van der Waals surface area contributed by atoms with Gasteiger partial charge in [0.25, 0.3) is 0 Å². The molecule has 0 saturated heterocycles. The van der Waals surface area contributed by atoms with Gasteiger partial charge in [-0.3, -0.25) is 0 Å². The van der Waals surface area contributed by atoms with Crippen LogP contribution in [0, 0.1) is 0 Å². The molecule has 254 valence electrons. The van der Waals surface area contributed by atoms with Crippen molar-refractivity contribution in [1.82, 2.24) is 19.5 Å². The fraction of sp³-hybridized carbons (Fsp3) is 0.0600. The van der Waals surface area contributed by atoms with Crippen molar-refractivity contribution < 1.29 is 0 Å². The predicted molar refractivity (Wildman–Crippen MR) is 223 cm³/mol. The number of fused-ring (bicyclic) bond motifs is 10. The average Bonchev–Trinajstić information content (AvgIpc) is 3.70. The Labute approximate surface area is 313 Å². The van der Waals surface area contributed by atoms with Crippen LogP contribution in [0.1, 0.15) is 25.0 Å². The van der Waals surface area contributed by atoms with E-state index < -0.39 is 0 Å². The van der Waals surface area contributed by atoms with Gasteiger partial charge in [0.05, 0.1) is 11.0 Å². The fourth-order valence-electron chi connectivity index (χ4n) is 8.80. The standard InChI is InChI=1S/C50H34N4/c1-50(2)41-22-11-10-21-39(41)40-26-23-35(30-42(40)50)49-52-47(33-15-4-3-5-16-33)51-48(53-49)34-17-12-18-36(29-34)54-43-27-24-31-13-6-8-19-37(31)45(43)46-38-20-9-7-14-32(38)25-28-44(46)54/h3-30H,1-2H3. The summed E-state index contributed by atoms with van der Waals surface area (Å²) >= 11 is 0. The monoisotopic (exact) mass is 690 g/mol. The summed E-state index contributed by atoms with van der Waals surface area (Å²) in [6.45, 7) is 4.61. The van der Waals surface area contributed by atoms with Gasteiger partial charge in [-0.2, -0.15) is 0 Å². The summed E-state index contributed by atoms with van der Waals surface area (Å²) in [6, 6.07) is 60.7. The van der Waals surface area contributed by atoms with Crippen LogP contribution in [-0.4, -0.2) is 19.5 Å². The number of aromatic nitrogens is 4. The van der Waals surface area contributed by atoms with E-state index >= 15 is 0 Å². The molecule has 2 aromatic heterocycles. The van der Waals surface area contributed by atoms with E-state index in [-0.39, 0.29) is 5.41 Å². The summed E-state index contributed by atoms with van der Waals surface area (Å²) in [5.74, 6) is 1.95. The van der Waals surface area contributed by atoms with Gasteiger partial charge in [-0.15, -0.1) is 0 Å².